The predicted molar refractivity (Wildman–Crippen MR) is 122 cm³/mol. The predicted octanol–water partition coefficient (Wildman–Crippen LogP) is 4.28. The number of rotatable bonds is 4. The lowest BCUT2D eigenvalue weighted by molar-refractivity contribution is -0.131. The molecule has 0 saturated carbocycles. The molecule has 3 aromatic heterocycles. The molecule has 4 heterocycles. The molecule has 9 heteroatoms. The molecular formula is C24H21F2N5OS. The third-order valence-electron chi connectivity index (χ3n) is 5.66. The second kappa shape index (κ2) is 8.82. The van der Waals surface area contributed by atoms with Crippen LogP contribution in [0.1, 0.15) is 15.6 Å². The standard InChI is InChI=1S/C24H21F2N5OS/c1-15-28-20-8-10-30(11-9-23(20)33-15)24(32)14-31-22(16-2-4-17(25)5-3-16)12-21(29-31)19-7-6-18(26)13-27-19/h2-7,12-13H,8-11,14H2,1H3. The van der Waals surface area contributed by atoms with Crippen molar-refractivity contribution in [2.75, 3.05) is 13.1 Å². The molecule has 0 N–H and O–H groups in total. The summed E-state index contributed by atoms with van der Waals surface area (Å²) in [5.74, 6) is -0.833. The van der Waals surface area contributed by atoms with Gasteiger partial charge >= 0.3 is 0 Å². The highest BCUT2D eigenvalue weighted by atomic mass is 32.1. The summed E-state index contributed by atoms with van der Waals surface area (Å²) in [5.41, 5.74) is 3.48. The maximum atomic E-state index is 13.5. The average Bonchev–Trinajstić information content (AvgIpc) is 3.32. The van der Waals surface area contributed by atoms with Crippen LogP contribution in [0.15, 0.2) is 48.7 Å². The van der Waals surface area contributed by atoms with Crippen molar-refractivity contribution in [2.24, 2.45) is 0 Å². The van der Waals surface area contributed by atoms with E-state index in [1.807, 2.05) is 11.8 Å². The molecule has 5 rings (SSSR count). The van der Waals surface area contributed by atoms with Crippen molar-refractivity contribution in [1.29, 1.82) is 0 Å². The number of aryl methyl sites for hydroxylation is 1. The number of pyridine rings is 1. The lowest BCUT2D eigenvalue weighted by Crippen LogP contribution is -2.36. The minimum atomic E-state index is -0.438. The second-order valence-corrected chi connectivity index (χ2v) is 9.21. The van der Waals surface area contributed by atoms with Crippen LogP contribution in [0.3, 0.4) is 0 Å². The molecular weight excluding hydrogens is 444 g/mol. The maximum absolute atomic E-state index is 13.5. The number of carbonyl (C=O) groups excluding carboxylic acids is 1. The van der Waals surface area contributed by atoms with Crippen LogP contribution < -0.4 is 0 Å². The van der Waals surface area contributed by atoms with Gasteiger partial charge in [0.2, 0.25) is 5.91 Å². The molecule has 0 aliphatic carbocycles. The summed E-state index contributed by atoms with van der Waals surface area (Å²) in [6.07, 6.45) is 2.66. The highest BCUT2D eigenvalue weighted by Crippen LogP contribution is 2.27. The van der Waals surface area contributed by atoms with Gasteiger partial charge in [-0.2, -0.15) is 5.10 Å². The van der Waals surface area contributed by atoms with Crippen LogP contribution in [0, 0.1) is 18.6 Å². The molecule has 1 aliphatic heterocycles. The largest absolute Gasteiger partial charge is 0.340 e. The lowest BCUT2D eigenvalue weighted by atomic mass is 10.1. The van der Waals surface area contributed by atoms with Crippen LogP contribution in [0.2, 0.25) is 0 Å². The van der Waals surface area contributed by atoms with Gasteiger partial charge in [0.1, 0.15) is 23.9 Å². The summed E-state index contributed by atoms with van der Waals surface area (Å²) in [7, 11) is 0. The molecule has 1 aromatic carbocycles. The summed E-state index contributed by atoms with van der Waals surface area (Å²) in [6, 6.07) is 10.7. The first-order valence-corrected chi connectivity index (χ1v) is 11.5. The van der Waals surface area contributed by atoms with Crippen molar-refractivity contribution < 1.29 is 13.6 Å². The topological polar surface area (TPSA) is 63.9 Å². The van der Waals surface area contributed by atoms with E-state index in [4.69, 9.17) is 0 Å². The Hall–Kier alpha value is -3.46. The Morgan fingerprint density at radius 1 is 1.03 bits per heavy atom. The van der Waals surface area contributed by atoms with Crippen LogP contribution in [0.25, 0.3) is 22.6 Å². The van der Waals surface area contributed by atoms with E-state index in [1.54, 1.807) is 40.3 Å². The van der Waals surface area contributed by atoms with Gasteiger partial charge in [-0.1, -0.05) is 0 Å². The Kier molecular flexibility index (Phi) is 5.72. The normalized spacial score (nSPS) is 13.6. The molecule has 1 amide bonds. The van der Waals surface area contributed by atoms with E-state index < -0.39 is 5.82 Å². The molecule has 4 aromatic rings. The van der Waals surface area contributed by atoms with Crippen LogP contribution in [0.4, 0.5) is 8.78 Å². The zero-order valence-corrected chi connectivity index (χ0v) is 18.8. The average molecular weight is 466 g/mol. The van der Waals surface area contributed by atoms with E-state index in [-0.39, 0.29) is 18.3 Å². The first kappa shape index (κ1) is 21.4. The molecule has 0 saturated heterocycles. The molecule has 1 aliphatic rings. The van der Waals surface area contributed by atoms with E-state index in [2.05, 4.69) is 15.1 Å². The summed E-state index contributed by atoms with van der Waals surface area (Å²) < 4.78 is 28.4. The van der Waals surface area contributed by atoms with Crippen LogP contribution in [-0.4, -0.2) is 43.6 Å². The first-order valence-electron chi connectivity index (χ1n) is 10.6. The SMILES string of the molecule is Cc1nc2c(s1)CCN(C(=O)Cn1nc(-c3ccc(F)cn3)cc1-c1ccc(F)cc1)CC2. The van der Waals surface area contributed by atoms with Gasteiger partial charge in [0.25, 0.3) is 0 Å². The minimum absolute atomic E-state index is 0.0357. The number of fused-ring (bicyclic) bond motifs is 1. The molecule has 0 atom stereocenters. The number of hydrogen-bond acceptors (Lipinski definition) is 5. The molecule has 0 fully saturated rings. The van der Waals surface area contributed by atoms with E-state index in [9.17, 15) is 13.6 Å². The molecule has 0 spiro atoms. The van der Waals surface area contributed by atoms with Gasteiger partial charge in [-0.05, 0) is 49.4 Å². The van der Waals surface area contributed by atoms with Gasteiger partial charge in [-0.3, -0.25) is 14.5 Å². The number of nitrogens with zero attached hydrogens (tertiary/aromatic N) is 5. The number of aromatic nitrogens is 4. The third-order valence-corrected chi connectivity index (χ3v) is 6.73. The van der Waals surface area contributed by atoms with Gasteiger partial charge < -0.3 is 4.90 Å². The fraction of sp³-hybridized carbons (Fsp3) is 0.250. The Balaban J connectivity index is 1.42. The van der Waals surface area contributed by atoms with E-state index in [0.717, 1.165) is 35.3 Å². The highest BCUT2D eigenvalue weighted by molar-refractivity contribution is 7.11. The Morgan fingerprint density at radius 3 is 2.55 bits per heavy atom. The molecule has 6 nitrogen and oxygen atoms in total. The second-order valence-electron chi connectivity index (χ2n) is 7.92. The molecule has 0 bridgehead atoms. The van der Waals surface area contributed by atoms with Crippen LogP contribution in [-0.2, 0) is 24.2 Å². The molecule has 0 unspecified atom stereocenters. The van der Waals surface area contributed by atoms with Crippen molar-refractivity contribution in [2.45, 2.75) is 26.3 Å². The Morgan fingerprint density at radius 2 is 1.79 bits per heavy atom. The van der Waals surface area contributed by atoms with Crippen molar-refractivity contribution >= 4 is 17.2 Å². The number of hydrogen-bond donors (Lipinski definition) is 0. The maximum Gasteiger partial charge on any atom is 0.244 e. The molecule has 0 radical (unpaired) electrons. The Labute approximate surface area is 193 Å². The quantitative estimate of drug-likeness (QED) is 0.451. The highest BCUT2D eigenvalue weighted by Gasteiger charge is 2.23. The number of carbonyl (C=O) groups is 1. The summed E-state index contributed by atoms with van der Waals surface area (Å²) >= 11 is 1.69. The number of amides is 1. The third kappa shape index (κ3) is 4.54. The zero-order valence-electron chi connectivity index (χ0n) is 18.0. The van der Waals surface area contributed by atoms with Gasteiger partial charge in [0, 0.05) is 36.4 Å². The van der Waals surface area contributed by atoms with Crippen molar-refractivity contribution in [3.05, 3.63) is 75.9 Å². The molecule has 168 valence electrons. The fourth-order valence-corrected chi connectivity index (χ4v) is 4.98. The van der Waals surface area contributed by atoms with Crippen LogP contribution in [0.5, 0.6) is 0 Å². The van der Waals surface area contributed by atoms with Crippen molar-refractivity contribution in [3.8, 4) is 22.6 Å². The van der Waals surface area contributed by atoms with Gasteiger partial charge in [-0.25, -0.2) is 13.8 Å². The fourth-order valence-electron chi connectivity index (χ4n) is 4.01. The number of halogens is 2. The van der Waals surface area contributed by atoms with Crippen molar-refractivity contribution in [3.63, 3.8) is 0 Å². The number of benzene rings is 1. The van der Waals surface area contributed by atoms with E-state index in [0.29, 0.717) is 30.2 Å². The van der Waals surface area contributed by atoms with Crippen molar-refractivity contribution in [1.82, 2.24) is 24.6 Å². The lowest BCUT2D eigenvalue weighted by Gasteiger charge is -2.20. The van der Waals surface area contributed by atoms with E-state index in [1.165, 1.54) is 23.1 Å². The van der Waals surface area contributed by atoms with Crippen LogP contribution >= 0.6 is 11.3 Å². The van der Waals surface area contributed by atoms with Gasteiger partial charge in [0.05, 0.1) is 28.3 Å². The van der Waals surface area contributed by atoms with Gasteiger partial charge in [-0.15, -0.1) is 11.3 Å². The van der Waals surface area contributed by atoms with E-state index >= 15 is 0 Å². The van der Waals surface area contributed by atoms with Gasteiger partial charge in [0.15, 0.2) is 0 Å². The summed E-state index contributed by atoms with van der Waals surface area (Å²) in [6.45, 7) is 3.28. The first-order chi connectivity index (χ1) is 16.0. The Bertz CT molecular complexity index is 1270. The monoisotopic (exact) mass is 465 g/mol. The summed E-state index contributed by atoms with van der Waals surface area (Å²) in [4.78, 5) is 25.0. The molecule has 33 heavy (non-hydrogen) atoms. The minimum Gasteiger partial charge on any atom is -0.340 e. The smallest absolute Gasteiger partial charge is 0.244 e. The zero-order chi connectivity index (χ0) is 22.9. The number of thiazole rings is 1. The summed E-state index contributed by atoms with van der Waals surface area (Å²) in [5, 5.41) is 5.65.